The molecule has 0 atom stereocenters. The second-order valence-corrected chi connectivity index (χ2v) is 5.75. The number of hydrogen-bond acceptors (Lipinski definition) is 1. The Hall–Kier alpha value is -0.0600. The smallest absolute Gasteiger partial charge is 0.255 e. The van der Waals surface area contributed by atoms with E-state index in [1.165, 1.54) is 0 Å². The third-order valence-corrected chi connectivity index (χ3v) is 3.62. The second kappa shape index (κ2) is 7.39. The molecule has 0 saturated heterocycles. The Morgan fingerprint density at radius 1 is 1.35 bits per heavy atom. The number of carbonyl (C=O) groups is 1. The van der Waals surface area contributed by atoms with Crippen molar-refractivity contribution < 1.29 is 4.79 Å². The number of halogens is 3. The van der Waals surface area contributed by atoms with Crippen LogP contribution < -0.4 is 0 Å². The van der Waals surface area contributed by atoms with Crippen molar-refractivity contribution in [1.29, 1.82) is 0 Å². The van der Waals surface area contributed by atoms with Crippen LogP contribution in [0.25, 0.3) is 0 Å². The third kappa shape index (κ3) is 4.27. The van der Waals surface area contributed by atoms with Crippen LogP contribution in [0.15, 0.2) is 27.1 Å². The molecule has 1 aromatic carbocycles. The van der Waals surface area contributed by atoms with Gasteiger partial charge in [-0.15, -0.1) is 11.6 Å². The highest BCUT2D eigenvalue weighted by Crippen LogP contribution is 2.23. The molecule has 1 rings (SSSR count). The van der Waals surface area contributed by atoms with Crippen molar-refractivity contribution in [3.05, 3.63) is 32.7 Å². The summed E-state index contributed by atoms with van der Waals surface area (Å²) in [6, 6.07) is 5.55. The van der Waals surface area contributed by atoms with Crippen LogP contribution in [0.3, 0.4) is 0 Å². The van der Waals surface area contributed by atoms with Crippen LogP contribution in [0.1, 0.15) is 23.7 Å². The van der Waals surface area contributed by atoms with Crippen LogP contribution in [0, 0.1) is 0 Å². The number of nitrogens with zero attached hydrogens (tertiary/aromatic N) is 1. The minimum atomic E-state index is 0.0203. The van der Waals surface area contributed by atoms with Crippen molar-refractivity contribution in [2.45, 2.75) is 13.3 Å². The summed E-state index contributed by atoms with van der Waals surface area (Å²) >= 11 is 12.5. The van der Waals surface area contributed by atoms with Gasteiger partial charge >= 0.3 is 0 Å². The first-order valence-corrected chi connectivity index (χ1v) is 7.52. The predicted molar refractivity (Wildman–Crippen MR) is 78.8 cm³/mol. The van der Waals surface area contributed by atoms with Gasteiger partial charge in [0.25, 0.3) is 5.91 Å². The van der Waals surface area contributed by atoms with Crippen molar-refractivity contribution in [2.24, 2.45) is 0 Å². The van der Waals surface area contributed by atoms with E-state index in [9.17, 15) is 4.79 Å². The van der Waals surface area contributed by atoms with Crippen molar-refractivity contribution in [3.8, 4) is 0 Å². The molecule has 1 aromatic rings. The van der Waals surface area contributed by atoms with Gasteiger partial charge in [0, 0.05) is 27.9 Å². The van der Waals surface area contributed by atoms with Crippen LogP contribution in [-0.4, -0.2) is 29.8 Å². The highest BCUT2D eigenvalue weighted by molar-refractivity contribution is 9.11. The molecule has 0 fully saturated rings. The Kier molecular flexibility index (Phi) is 6.52. The van der Waals surface area contributed by atoms with Crippen LogP contribution in [0.5, 0.6) is 0 Å². The Morgan fingerprint density at radius 3 is 2.59 bits per heavy atom. The van der Waals surface area contributed by atoms with E-state index in [0.717, 1.165) is 21.9 Å². The Morgan fingerprint density at radius 2 is 2.06 bits per heavy atom. The van der Waals surface area contributed by atoms with Crippen LogP contribution in [0.2, 0.25) is 0 Å². The lowest BCUT2D eigenvalue weighted by Gasteiger charge is -2.21. The minimum absolute atomic E-state index is 0.0203. The zero-order valence-electron chi connectivity index (χ0n) is 9.55. The molecule has 0 spiro atoms. The molecule has 0 aliphatic rings. The molecule has 0 N–H and O–H groups in total. The number of alkyl halides is 1. The number of carbonyl (C=O) groups excluding carboxylic acids is 1. The highest BCUT2D eigenvalue weighted by atomic mass is 79.9. The lowest BCUT2D eigenvalue weighted by Crippen LogP contribution is -2.33. The summed E-state index contributed by atoms with van der Waals surface area (Å²) in [7, 11) is 0. The van der Waals surface area contributed by atoms with Gasteiger partial charge in [0.2, 0.25) is 0 Å². The van der Waals surface area contributed by atoms with Crippen molar-refractivity contribution in [3.63, 3.8) is 0 Å². The maximum Gasteiger partial charge on any atom is 0.255 e. The molecule has 1 amide bonds. The predicted octanol–water partition coefficient (Wildman–Crippen LogP) is 4.30. The highest BCUT2D eigenvalue weighted by Gasteiger charge is 2.17. The summed E-state index contributed by atoms with van der Waals surface area (Å²) in [4.78, 5) is 14.1. The zero-order valence-corrected chi connectivity index (χ0v) is 13.5. The number of rotatable bonds is 5. The molecule has 0 aliphatic heterocycles. The molecule has 94 valence electrons. The first-order chi connectivity index (χ1) is 8.10. The summed E-state index contributed by atoms with van der Waals surface area (Å²) in [5, 5.41) is 0. The molecule has 0 bridgehead atoms. The van der Waals surface area contributed by atoms with E-state index in [1.54, 1.807) is 4.90 Å². The monoisotopic (exact) mass is 381 g/mol. The van der Waals surface area contributed by atoms with Crippen molar-refractivity contribution in [1.82, 2.24) is 4.90 Å². The fourth-order valence-corrected chi connectivity index (χ4v) is 2.94. The van der Waals surface area contributed by atoms with E-state index >= 15 is 0 Å². The Labute approximate surface area is 124 Å². The number of amides is 1. The summed E-state index contributed by atoms with van der Waals surface area (Å²) in [5.74, 6) is 0.478. The molecule has 0 aliphatic carbocycles. The number of benzene rings is 1. The first-order valence-electron chi connectivity index (χ1n) is 5.40. The van der Waals surface area contributed by atoms with Gasteiger partial charge in [-0.1, -0.05) is 22.9 Å². The van der Waals surface area contributed by atoms with E-state index < -0.39 is 0 Å². The molecule has 0 unspecified atom stereocenters. The summed E-state index contributed by atoms with van der Waals surface area (Å²) < 4.78 is 1.74. The van der Waals surface area contributed by atoms with Gasteiger partial charge in [-0.25, -0.2) is 0 Å². The van der Waals surface area contributed by atoms with E-state index in [0.29, 0.717) is 18.0 Å². The molecule has 5 heteroatoms. The summed E-state index contributed by atoms with van der Waals surface area (Å²) in [6.07, 6.45) is 0.927. The molecule has 2 nitrogen and oxygen atoms in total. The molecule has 17 heavy (non-hydrogen) atoms. The first kappa shape index (κ1) is 15.0. The molecular formula is C12H14Br2ClNO. The summed E-state index contributed by atoms with van der Waals surface area (Å²) in [6.45, 7) is 3.36. The van der Waals surface area contributed by atoms with Crippen LogP contribution in [0.4, 0.5) is 0 Å². The minimum Gasteiger partial charge on any atom is -0.337 e. The SMILES string of the molecule is CCCN(CCCl)C(=O)c1ccc(Br)cc1Br. The van der Waals surface area contributed by atoms with Gasteiger partial charge in [0.1, 0.15) is 0 Å². The van der Waals surface area contributed by atoms with Crippen LogP contribution >= 0.6 is 43.5 Å². The standard InChI is InChI=1S/C12H14Br2ClNO/c1-2-6-16(7-5-15)12(17)10-4-3-9(13)8-11(10)14/h3-4,8H,2,5-7H2,1H3. The molecular weight excluding hydrogens is 369 g/mol. The van der Waals surface area contributed by atoms with Gasteiger partial charge < -0.3 is 4.90 Å². The third-order valence-electron chi connectivity index (χ3n) is 2.30. The maximum atomic E-state index is 12.3. The number of hydrogen-bond donors (Lipinski definition) is 0. The van der Waals surface area contributed by atoms with Crippen molar-refractivity contribution in [2.75, 3.05) is 19.0 Å². The topological polar surface area (TPSA) is 20.3 Å². The zero-order chi connectivity index (χ0) is 12.8. The normalized spacial score (nSPS) is 10.4. The van der Waals surface area contributed by atoms with Gasteiger partial charge in [0.05, 0.1) is 5.56 Å². The van der Waals surface area contributed by atoms with Crippen LogP contribution in [-0.2, 0) is 0 Å². The lowest BCUT2D eigenvalue weighted by atomic mass is 10.2. The van der Waals surface area contributed by atoms with E-state index in [1.807, 2.05) is 25.1 Å². The van der Waals surface area contributed by atoms with Crippen molar-refractivity contribution >= 4 is 49.4 Å². The van der Waals surface area contributed by atoms with Gasteiger partial charge in [-0.3, -0.25) is 4.79 Å². The molecule has 0 heterocycles. The lowest BCUT2D eigenvalue weighted by molar-refractivity contribution is 0.0764. The molecule has 0 saturated carbocycles. The average molecular weight is 384 g/mol. The Bertz CT molecular complexity index is 392. The fourth-order valence-electron chi connectivity index (χ4n) is 1.52. The van der Waals surface area contributed by atoms with E-state index in [2.05, 4.69) is 31.9 Å². The maximum absolute atomic E-state index is 12.3. The van der Waals surface area contributed by atoms with Gasteiger partial charge in [0.15, 0.2) is 0 Å². The quantitative estimate of drug-likeness (QED) is 0.694. The summed E-state index contributed by atoms with van der Waals surface area (Å²) in [5.41, 5.74) is 0.673. The Balaban J connectivity index is 2.92. The largest absolute Gasteiger partial charge is 0.337 e. The van der Waals surface area contributed by atoms with Gasteiger partial charge in [-0.2, -0.15) is 0 Å². The van der Waals surface area contributed by atoms with E-state index in [-0.39, 0.29) is 5.91 Å². The molecule has 0 aromatic heterocycles. The van der Waals surface area contributed by atoms with E-state index in [4.69, 9.17) is 11.6 Å². The van der Waals surface area contributed by atoms with Gasteiger partial charge in [-0.05, 0) is 40.5 Å². The average Bonchev–Trinajstić information content (AvgIpc) is 2.28. The fraction of sp³-hybridized carbons (Fsp3) is 0.417. The second-order valence-electron chi connectivity index (χ2n) is 3.61. The molecule has 0 radical (unpaired) electrons.